The summed E-state index contributed by atoms with van der Waals surface area (Å²) in [6, 6.07) is 2.07. The molecule has 1 saturated heterocycles. The number of likely N-dealkylation sites (N-methyl/N-ethyl adjacent to an activating group) is 2. The maximum absolute atomic E-state index is 6.02. The minimum Gasteiger partial charge on any atom is -0.383 e. The Hall–Kier alpha value is -1.17. The molecule has 0 aliphatic carbocycles. The van der Waals surface area contributed by atoms with Crippen molar-refractivity contribution < 1.29 is 4.74 Å². The van der Waals surface area contributed by atoms with E-state index in [0.29, 0.717) is 5.82 Å². The van der Waals surface area contributed by atoms with Gasteiger partial charge < -0.3 is 20.7 Å². The summed E-state index contributed by atoms with van der Waals surface area (Å²) in [5.41, 5.74) is 8.23. The molecule has 2 heterocycles. The van der Waals surface area contributed by atoms with E-state index in [0.717, 1.165) is 30.8 Å². The second kappa shape index (κ2) is 5.65. The van der Waals surface area contributed by atoms with Crippen molar-refractivity contribution >= 4 is 5.82 Å². The normalized spacial score (nSPS) is 22.9. The number of hydrogen-bond acceptors (Lipinski definition) is 5. The topological polar surface area (TPSA) is 63.4 Å². The van der Waals surface area contributed by atoms with Crippen LogP contribution in [0.2, 0.25) is 0 Å². The predicted molar refractivity (Wildman–Crippen MR) is 72.4 cm³/mol. The maximum atomic E-state index is 6.02. The number of ether oxygens (including phenoxy) is 1. The number of aromatic nitrogens is 1. The van der Waals surface area contributed by atoms with Crippen LogP contribution in [0.15, 0.2) is 12.3 Å². The van der Waals surface area contributed by atoms with E-state index >= 15 is 0 Å². The molecule has 2 rings (SSSR count). The van der Waals surface area contributed by atoms with Gasteiger partial charge in [0.05, 0.1) is 18.8 Å². The van der Waals surface area contributed by atoms with Crippen LogP contribution in [0.3, 0.4) is 0 Å². The van der Waals surface area contributed by atoms with Gasteiger partial charge in [0.15, 0.2) is 0 Å². The molecule has 0 amide bonds. The molecule has 0 radical (unpaired) electrons. The molecule has 1 aromatic rings. The maximum Gasteiger partial charge on any atom is 0.128 e. The molecule has 1 aliphatic rings. The van der Waals surface area contributed by atoms with Crippen molar-refractivity contribution in [1.82, 2.24) is 15.2 Å². The molecule has 2 unspecified atom stereocenters. The first kappa shape index (κ1) is 13.3. The highest BCUT2D eigenvalue weighted by Crippen LogP contribution is 2.27. The number of rotatable bonds is 3. The number of anilines is 1. The minimum absolute atomic E-state index is 0.0847. The van der Waals surface area contributed by atoms with Crippen molar-refractivity contribution in [2.45, 2.75) is 19.1 Å². The molecule has 3 N–H and O–H groups in total. The largest absolute Gasteiger partial charge is 0.383 e. The molecule has 18 heavy (non-hydrogen) atoms. The Morgan fingerprint density at radius 3 is 3.00 bits per heavy atom. The Kier molecular flexibility index (Phi) is 4.16. The predicted octanol–water partition coefficient (Wildman–Crippen LogP) is 0.563. The van der Waals surface area contributed by atoms with Crippen LogP contribution in [0.4, 0.5) is 5.82 Å². The van der Waals surface area contributed by atoms with Gasteiger partial charge in [0.25, 0.3) is 0 Å². The van der Waals surface area contributed by atoms with Crippen LogP contribution < -0.4 is 11.1 Å². The van der Waals surface area contributed by atoms with Gasteiger partial charge in [-0.15, -0.1) is 0 Å². The Morgan fingerprint density at radius 1 is 1.61 bits per heavy atom. The summed E-state index contributed by atoms with van der Waals surface area (Å²) in [6.45, 7) is 4.70. The van der Waals surface area contributed by atoms with Gasteiger partial charge in [-0.05, 0) is 32.6 Å². The summed E-state index contributed by atoms with van der Waals surface area (Å²) in [6.07, 6.45) is 1.85. The fourth-order valence-electron chi connectivity index (χ4n) is 2.52. The van der Waals surface area contributed by atoms with Crippen molar-refractivity contribution in [1.29, 1.82) is 0 Å². The smallest absolute Gasteiger partial charge is 0.128 e. The third-order valence-electron chi connectivity index (χ3n) is 3.53. The summed E-state index contributed by atoms with van der Waals surface area (Å²) in [4.78, 5) is 6.47. The van der Waals surface area contributed by atoms with Crippen LogP contribution in [0.5, 0.6) is 0 Å². The quantitative estimate of drug-likeness (QED) is 0.821. The molecule has 1 aliphatic heterocycles. The number of nitrogens with two attached hydrogens (primary N) is 1. The number of morpholine rings is 1. The highest BCUT2D eigenvalue weighted by atomic mass is 16.5. The van der Waals surface area contributed by atoms with Crippen LogP contribution >= 0.6 is 0 Å². The van der Waals surface area contributed by atoms with Crippen molar-refractivity contribution in [2.24, 2.45) is 0 Å². The zero-order valence-electron chi connectivity index (χ0n) is 11.3. The van der Waals surface area contributed by atoms with Crippen LogP contribution in [0.25, 0.3) is 0 Å². The van der Waals surface area contributed by atoms with E-state index in [9.17, 15) is 0 Å². The van der Waals surface area contributed by atoms with E-state index in [-0.39, 0.29) is 12.1 Å². The average Bonchev–Trinajstić information content (AvgIpc) is 2.34. The summed E-state index contributed by atoms with van der Waals surface area (Å²) in [7, 11) is 4.05. The molecule has 5 nitrogen and oxygen atoms in total. The summed E-state index contributed by atoms with van der Waals surface area (Å²) in [5, 5.41) is 3.32. The highest BCUT2D eigenvalue weighted by molar-refractivity contribution is 5.46. The van der Waals surface area contributed by atoms with Crippen molar-refractivity contribution in [3.63, 3.8) is 0 Å². The molecule has 0 aromatic carbocycles. The lowest BCUT2D eigenvalue weighted by atomic mass is 9.97. The first-order valence-corrected chi connectivity index (χ1v) is 6.32. The Morgan fingerprint density at radius 2 is 2.39 bits per heavy atom. The van der Waals surface area contributed by atoms with Gasteiger partial charge in [0.2, 0.25) is 0 Å². The van der Waals surface area contributed by atoms with Crippen LogP contribution in [0.1, 0.15) is 17.2 Å². The van der Waals surface area contributed by atoms with Crippen LogP contribution in [0, 0.1) is 6.92 Å². The van der Waals surface area contributed by atoms with Crippen molar-refractivity contribution in [3.8, 4) is 0 Å². The van der Waals surface area contributed by atoms with E-state index in [1.165, 1.54) is 0 Å². The van der Waals surface area contributed by atoms with Crippen molar-refractivity contribution in [3.05, 3.63) is 23.4 Å². The van der Waals surface area contributed by atoms with Crippen molar-refractivity contribution in [2.75, 3.05) is 39.5 Å². The van der Waals surface area contributed by atoms with Gasteiger partial charge in [0, 0.05) is 24.8 Å². The van der Waals surface area contributed by atoms with Gasteiger partial charge >= 0.3 is 0 Å². The van der Waals surface area contributed by atoms with Gasteiger partial charge in [-0.2, -0.15) is 0 Å². The van der Waals surface area contributed by atoms with Gasteiger partial charge in [-0.3, -0.25) is 0 Å². The SMILES string of the molecule is CNC(c1c(C)ccnc1N)C1CN(C)CCO1. The molecule has 0 spiro atoms. The number of nitrogen functional groups attached to an aromatic ring is 1. The third kappa shape index (κ3) is 2.63. The lowest BCUT2D eigenvalue weighted by molar-refractivity contribution is -0.0380. The molecule has 5 heteroatoms. The molecule has 0 saturated carbocycles. The van der Waals surface area contributed by atoms with E-state index in [1.807, 2.05) is 13.1 Å². The first-order valence-electron chi connectivity index (χ1n) is 6.32. The zero-order chi connectivity index (χ0) is 13.1. The molecular formula is C13H22N4O. The fraction of sp³-hybridized carbons (Fsp3) is 0.615. The third-order valence-corrected chi connectivity index (χ3v) is 3.53. The minimum atomic E-state index is 0.0847. The van der Waals surface area contributed by atoms with Gasteiger partial charge in [0.1, 0.15) is 5.82 Å². The standard InChI is InChI=1S/C13H22N4O/c1-9-4-5-16-13(14)11(9)12(15-2)10-8-17(3)6-7-18-10/h4-5,10,12,15H,6-8H2,1-3H3,(H2,14,16). The van der Waals surface area contributed by atoms with Gasteiger partial charge in [-0.25, -0.2) is 4.98 Å². The van der Waals surface area contributed by atoms with Crippen LogP contribution in [-0.2, 0) is 4.74 Å². The molecule has 100 valence electrons. The summed E-state index contributed by atoms with van der Waals surface area (Å²) in [5.74, 6) is 0.589. The average molecular weight is 250 g/mol. The number of nitrogens with one attached hydrogen (secondary N) is 1. The Bertz CT molecular complexity index is 390. The second-order valence-electron chi connectivity index (χ2n) is 4.86. The second-order valence-corrected chi connectivity index (χ2v) is 4.86. The van der Waals surface area contributed by atoms with E-state index in [2.05, 4.69) is 29.2 Å². The molecule has 1 aromatic heterocycles. The summed E-state index contributed by atoms with van der Waals surface area (Å²) < 4.78 is 5.88. The molecule has 1 fully saturated rings. The Labute approximate surface area is 108 Å². The van der Waals surface area contributed by atoms with Crippen LogP contribution in [-0.4, -0.2) is 49.8 Å². The molecule has 0 bridgehead atoms. The number of pyridine rings is 1. The van der Waals surface area contributed by atoms with E-state index in [1.54, 1.807) is 6.20 Å². The summed E-state index contributed by atoms with van der Waals surface area (Å²) >= 11 is 0. The van der Waals surface area contributed by atoms with E-state index in [4.69, 9.17) is 10.5 Å². The Balaban J connectivity index is 2.27. The molecular weight excluding hydrogens is 228 g/mol. The number of aryl methyl sites for hydroxylation is 1. The number of nitrogens with zero attached hydrogens (tertiary/aromatic N) is 2. The fourth-order valence-corrected chi connectivity index (χ4v) is 2.52. The number of hydrogen-bond donors (Lipinski definition) is 2. The monoisotopic (exact) mass is 250 g/mol. The lowest BCUT2D eigenvalue weighted by Gasteiger charge is -2.36. The highest BCUT2D eigenvalue weighted by Gasteiger charge is 2.29. The van der Waals surface area contributed by atoms with E-state index < -0.39 is 0 Å². The first-order chi connectivity index (χ1) is 8.63. The lowest BCUT2D eigenvalue weighted by Crippen LogP contribution is -2.46. The molecule has 2 atom stereocenters. The zero-order valence-corrected chi connectivity index (χ0v) is 11.3. The van der Waals surface area contributed by atoms with Gasteiger partial charge in [-0.1, -0.05) is 0 Å².